The minimum atomic E-state index is -1.94. The third-order valence-electron chi connectivity index (χ3n) is 20.7. The number of benzene rings is 1. The number of aliphatic hydroxyl groups excluding tert-OH is 2. The predicted octanol–water partition coefficient (Wildman–Crippen LogP) is -9.04. The number of likely N-dealkylation sites (tertiary alicyclic amines) is 1. The smallest absolute Gasteiger partial charge is 0.327 e. The van der Waals surface area contributed by atoms with Crippen molar-refractivity contribution >= 4 is 132 Å². The molecule has 125 heavy (non-hydrogen) atoms. The van der Waals surface area contributed by atoms with Crippen molar-refractivity contribution in [3.63, 3.8) is 0 Å². The van der Waals surface area contributed by atoms with Crippen molar-refractivity contribution in [3.05, 3.63) is 29.8 Å². The monoisotopic (exact) mass is 1810 g/mol. The van der Waals surface area contributed by atoms with Crippen molar-refractivity contribution in [2.75, 3.05) is 51.6 Å². The molecular weight excluding hydrogens is 1670 g/mol. The number of carboxylic acids is 1. The summed E-state index contributed by atoms with van der Waals surface area (Å²) >= 11 is 8.63. The van der Waals surface area contributed by atoms with E-state index in [-0.39, 0.29) is 134 Å². The van der Waals surface area contributed by atoms with Crippen LogP contribution in [0.1, 0.15) is 158 Å². The molecule has 0 aliphatic carbocycles. The molecule has 0 unspecified atom stereocenters. The molecule has 37 N–H and O–H groups in total. The topological polar surface area (TPSA) is 794 Å². The number of nitrogens with one attached hydrogen (secondary N) is 17. The van der Waals surface area contributed by atoms with Crippen LogP contribution in [0.15, 0.2) is 24.3 Å². The van der Waals surface area contributed by atoms with Gasteiger partial charge in [0, 0.05) is 43.0 Å². The zero-order chi connectivity index (χ0) is 94.9. The summed E-state index contributed by atoms with van der Waals surface area (Å²) in [5, 5.41) is 94.5. The van der Waals surface area contributed by atoms with Crippen LogP contribution in [0.25, 0.3) is 0 Å². The van der Waals surface area contributed by atoms with Gasteiger partial charge in [0.1, 0.15) is 90.3 Å². The van der Waals surface area contributed by atoms with Gasteiger partial charge in [-0.1, -0.05) is 66.5 Å². The molecule has 1 aliphatic heterocycles. The van der Waals surface area contributed by atoms with E-state index in [0.29, 0.717) is 18.4 Å². The Morgan fingerprint density at radius 3 is 1.26 bits per heavy atom. The van der Waals surface area contributed by atoms with E-state index < -0.39 is 239 Å². The van der Waals surface area contributed by atoms with Crippen LogP contribution in [0.5, 0.6) is 5.75 Å². The molecule has 0 bridgehead atoms. The quantitative estimate of drug-likeness (QED) is 0.0125. The lowest BCUT2D eigenvalue weighted by Gasteiger charge is -2.34. The summed E-state index contributed by atoms with van der Waals surface area (Å²) in [6, 6.07) is -17.6. The number of nitrogens with zero attached hydrogens (tertiary/aromatic N) is 1. The number of aromatic hydroxyl groups is 1. The second-order valence-corrected chi connectivity index (χ2v) is 33.3. The van der Waals surface area contributed by atoms with Gasteiger partial charge in [-0.25, -0.2) is 4.79 Å². The number of amides is 15. The first-order valence-corrected chi connectivity index (χ1v) is 42.7. The number of phenolic OH excluding ortho intramolecular Hbond substituents is 1. The predicted molar refractivity (Wildman–Crippen MR) is 467 cm³/mol. The summed E-state index contributed by atoms with van der Waals surface area (Å²) in [7, 11) is 0. The number of primary amides is 1. The number of unbranched alkanes of at least 4 members (excludes halogenated alkanes) is 1. The van der Waals surface area contributed by atoms with E-state index in [0.717, 1.165) is 6.92 Å². The van der Waals surface area contributed by atoms with Crippen LogP contribution in [0.3, 0.4) is 0 Å². The van der Waals surface area contributed by atoms with Gasteiger partial charge < -0.3 is 151 Å². The van der Waals surface area contributed by atoms with E-state index in [1.807, 2.05) is 0 Å². The summed E-state index contributed by atoms with van der Waals surface area (Å²) in [5.41, 5.74) is 46.6. The first-order chi connectivity index (χ1) is 58.6. The Balaban J connectivity index is 2.59. The Bertz CT molecular complexity index is 3790. The summed E-state index contributed by atoms with van der Waals surface area (Å²) < 4.78 is -1.45. The average molecular weight is 1810 g/mol. The molecule has 1 aromatic carbocycles. The van der Waals surface area contributed by atoms with Crippen LogP contribution in [-0.4, -0.2) is 291 Å². The van der Waals surface area contributed by atoms with Gasteiger partial charge in [0.05, 0.1) is 24.7 Å². The van der Waals surface area contributed by atoms with Crippen molar-refractivity contribution in [3.8, 4) is 5.75 Å². The highest BCUT2D eigenvalue weighted by Gasteiger charge is 2.46. The number of nitrogens with two attached hydrogens (primary N) is 8. The van der Waals surface area contributed by atoms with Crippen molar-refractivity contribution in [1.82, 2.24) is 84.7 Å². The summed E-state index contributed by atoms with van der Waals surface area (Å²) in [4.78, 5) is 226. The maximum Gasteiger partial charge on any atom is 0.327 e. The van der Waals surface area contributed by atoms with E-state index in [9.17, 15) is 97.1 Å². The number of carboxylic acid groups (broad SMARTS) is 1. The molecule has 46 nitrogen and oxygen atoms in total. The number of aliphatic carboxylic acids is 1. The molecule has 1 fully saturated rings. The molecule has 1 aliphatic rings. The number of hydrogen-bond acceptors (Lipinski definition) is 28. The van der Waals surface area contributed by atoms with Crippen molar-refractivity contribution < 1.29 is 97.1 Å². The van der Waals surface area contributed by atoms with Crippen LogP contribution in [0.4, 0.5) is 0 Å². The number of aliphatic hydroxyl groups is 2. The number of guanidine groups is 2. The number of carbonyl (C=O) groups is 16. The minimum absolute atomic E-state index is 0.0286. The second kappa shape index (κ2) is 55.8. The summed E-state index contributed by atoms with van der Waals surface area (Å²) in [5.74, 6) is -19.6. The fourth-order valence-corrected chi connectivity index (χ4v) is 13.3. The second-order valence-electron chi connectivity index (χ2n) is 31.8. The van der Waals surface area contributed by atoms with Crippen LogP contribution >= 0.6 is 25.3 Å². The van der Waals surface area contributed by atoms with Crippen LogP contribution in [0.2, 0.25) is 0 Å². The number of carbonyl (C=O) groups excluding carboxylic acids is 15. The fraction of sp³-hybridized carbons (Fsp3) is 0.688. The summed E-state index contributed by atoms with van der Waals surface area (Å²) in [6.45, 7) is 13.2. The molecular formula is C77H136N26O20S2. The highest BCUT2D eigenvalue weighted by molar-refractivity contribution is 7.81. The molecule has 706 valence electrons. The van der Waals surface area contributed by atoms with Crippen LogP contribution < -0.4 is 126 Å². The minimum Gasteiger partial charge on any atom is -0.508 e. The van der Waals surface area contributed by atoms with E-state index in [4.69, 9.17) is 56.7 Å². The van der Waals surface area contributed by atoms with Crippen LogP contribution in [0, 0.1) is 28.6 Å². The van der Waals surface area contributed by atoms with Gasteiger partial charge >= 0.3 is 5.97 Å². The normalized spacial score (nSPS) is 17.3. The molecule has 0 radical (unpaired) electrons. The lowest BCUT2D eigenvalue weighted by atomic mass is 9.95. The molecule has 48 heteroatoms. The molecule has 19 atom stereocenters. The van der Waals surface area contributed by atoms with E-state index in [1.165, 1.54) is 43.0 Å². The molecule has 1 saturated heterocycles. The number of β-amino-alcohol motifs (C(OH)–C–C–N with tert-alkyl or cyclic N) is 1. The molecule has 15 amide bonds. The molecule has 1 aromatic rings. The van der Waals surface area contributed by atoms with Crippen molar-refractivity contribution in [2.24, 2.45) is 63.6 Å². The van der Waals surface area contributed by atoms with Gasteiger partial charge in [0.25, 0.3) is 0 Å². The zero-order valence-corrected chi connectivity index (χ0v) is 74.2. The average Bonchev–Trinajstić information content (AvgIpc) is 1.77. The van der Waals surface area contributed by atoms with Gasteiger partial charge in [-0.05, 0) is 147 Å². The lowest BCUT2D eigenvalue weighted by Crippen LogP contribution is -2.64. The first kappa shape index (κ1) is 111. The van der Waals surface area contributed by atoms with Crippen LogP contribution in [-0.2, 0) is 83.1 Å². The first-order valence-electron chi connectivity index (χ1n) is 41.6. The standard InChI is InChI=1S/C77H136N26O20S2/c1-10-38(5)56(99-67(115)50(32-41-19-21-42(105)22-20-41)97-72(120)59(77(8,9)125)102-70(118)57(39(6)11-2)100-68(116)53-33-43(106)35-103(53)73(121)55(83)37(3)4)69(117)96-51(34-54(82)107)66(114)92-46(18-15-31-89-76(86)87)62(110)94-49(25-29-81)65(113)101-58(40(7)104)71(119)95-48(24-28-80)63(111)90-44(16-12-13-26-78)60(108)91-45(17-14-30-88-75(84)85)61(109)93-47(23-27-79)64(112)98-52(36-124)74(122)123/h19-22,37-40,43-53,55-59,104-106,124-125H,10-18,23-36,78-81,83H2,1-9H3,(H2,82,107)(H,90,111)(H,91,108)(H,92,114)(H,93,109)(H,94,110)(H,95,119)(H,96,117)(H,97,120)(H,98,112)(H,99,115)(H,100,116)(H,101,113)(H,102,118)(H,122,123)(H4,84,85,88)(H4,86,87,89)/t38-,39-,40+,43+,44-,45-,46-,47-,48+,49-,50-,51-,52-,53-,55-,56-,57-,58-,59+/m0/s1. The van der Waals surface area contributed by atoms with Gasteiger partial charge in [-0.15, -0.1) is 0 Å². The number of thiol groups is 2. The fourth-order valence-electron chi connectivity index (χ4n) is 12.9. The third kappa shape index (κ3) is 38.5. The molecule has 0 spiro atoms. The number of hydrogen-bond donors (Lipinski definition) is 31. The molecule has 2 rings (SSSR count). The van der Waals surface area contributed by atoms with Gasteiger partial charge in [0.2, 0.25) is 88.6 Å². The Hall–Kier alpha value is -10.5. The van der Waals surface area contributed by atoms with Crippen molar-refractivity contribution in [2.45, 2.75) is 266 Å². The van der Waals surface area contributed by atoms with Gasteiger partial charge in [-0.3, -0.25) is 82.7 Å². The maximum absolute atomic E-state index is 14.9. The zero-order valence-electron chi connectivity index (χ0n) is 72.4. The highest BCUT2D eigenvalue weighted by Crippen LogP contribution is 2.24. The maximum atomic E-state index is 14.9. The third-order valence-corrected chi connectivity index (χ3v) is 21.3. The SMILES string of the molecule is CC[C@H](C)[C@H](NC(=O)[C@H](Cc1ccc(O)cc1)NC(=O)[C@@H](NC(=O)[C@@H](NC(=O)[C@@H]1C[C@@H](O)CN1C(=O)[C@@H](N)C(C)C)[C@@H](C)CC)C(C)(C)S)C(=O)N[C@@H](CC(N)=O)C(=O)N[C@@H](CCCNC(=N)N)C(=O)N[C@@H](CCN)C(=O)N[C@H](C(=O)N[C@H](CCN)C(=O)N[C@@H](CCCCN)C(=O)N[C@@H](CCCNC(=N)N)C(=O)N[C@@H](CCN)C(=O)N[C@@H](CS)C(=O)O)[C@@H](C)O. The number of rotatable bonds is 58. The Labute approximate surface area is 738 Å². The Morgan fingerprint density at radius 2 is 0.864 bits per heavy atom. The Kier molecular flexibility index (Phi) is 49.3. The Morgan fingerprint density at radius 1 is 0.496 bits per heavy atom. The van der Waals surface area contributed by atoms with Gasteiger partial charge in [-0.2, -0.15) is 25.3 Å². The van der Waals surface area contributed by atoms with E-state index >= 15 is 0 Å². The molecule has 0 saturated carbocycles. The van der Waals surface area contributed by atoms with E-state index in [1.54, 1.807) is 41.5 Å². The molecule has 0 aromatic heterocycles. The van der Waals surface area contributed by atoms with Gasteiger partial charge in [0.15, 0.2) is 11.9 Å². The largest absolute Gasteiger partial charge is 0.508 e. The van der Waals surface area contributed by atoms with E-state index in [2.05, 4.69) is 105 Å². The highest BCUT2D eigenvalue weighted by atomic mass is 32.1. The molecule has 1 heterocycles. The summed E-state index contributed by atoms with van der Waals surface area (Å²) in [6.07, 6.45) is -4.79. The van der Waals surface area contributed by atoms with Crippen molar-refractivity contribution in [1.29, 1.82) is 10.8 Å². The number of phenols is 1. The lowest BCUT2D eigenvalue weighted by molar-refractivity contribution is -0.141.